The maximum Gasteiger partial charge on any atom is 0.405 e. The standard InChI is InChI=1S/C22H28N2O3/c1-22(2,3)18(19(23-21(26)27)20(25)24(4)5)17-13-11-16(12-14-17)15-9-7-6-8-10-15/h6-14,18-19,23H,1-5H3,(H,26,27). The zero-order valence-electron chi connectivity index (χ0n) is 16.6. The van der Waals surface area contributed by atoms with Crippen LogP contribution >= 0.6 is 0 Å². The molecule has 2 N–H and O–H groups in total. The summed E-state index contributed by atoms with van der Waals surface area (Å²) >= 11 is 0. The van der Waals surface area contributed by atoms with Gasteiger partial charge in [0.1, 0.15) is 6.04 Å². The highest BCUT2D eigenvalue weighted by molar-refractivity contribution is 5.86. The molecular weight excluding hydrogens is 340 g/mol. The molecule has 0 heterocycles. The van der Waals surface area contributed by atoms with E-state index < -0.39 is 12.1 Å². The van der Waals surface area contributed by atoms with Crippen LogP contribution in [0, 0.1) is 5.41 Å². The average Bonchev–Trinajstić information content (AvgIpc) is 2.60. The van der Waals surface area contributed by atoms with Crippen molar-refractivity contribution in [2.75, 3.05) is 14.1 Å². The van der Waals surface area contributed by atoms with Gasteiger partial charge in [0.2, 0.25) is 5.91 Å². The summed E-state index contributed by atoms with van der Waals surface area (Å²) in [5, 5.41) is 11.7. The van der Waals surface area contributed by atoms with E-state index in [-0.39, 0.29) is 17.2 Å². The number of benzene rings is 2. The van der Waals surface area contributed by atoms with Gasteiger partial charge in [-0.3, -0.25) is 4.79 Å². The lowest BCUT2D eigenvalue weighted by Crippen LogP contribution is -2.52. The number of hydrogen-bond donors (Lipinski definition) is 2. The molecule has 2 atom stereocenters. The Bertz CT molecular complexity index is 777. The molecule has 2 aromatic rings. The highest BCUT2D eigenvalue weighted by Gasteiger charge is 2.39. The lowest BCUT2D eigenvalue weighted by molar-refractivity contribution is -0.132. The number of rotatable bonds is 5. The van der Waals surface area contributed by atoms with Crippen LogP contribution in [0.15, 0.2) is 54.6 Å². The molecule has 5 heteroatoms. The van der Waals surface area contributed by atoms with Crippen molar-refractivity contribution < 1.29 is 14.7 Å². The number of amides is 2. The molecule has 0 aliphatic heterocycles. The summed E-state index contributed by atoms with van der Waals surface area (Å²) in [7, 11) is 3.27. The molecule has 0 spiro atoms. The SMILES string of the molecule is CN(C)C(=O)C(NC(=O)O)C(c1ccc(-c2ccccc2)cc1)C(C)(C)C. The maximum atomic E-state index is 12.7. The summed E-state index contributed by atoms with van der Waals surface area (Å²) < 4.78 is 0. The fraction of sp³-hybridized carbons (Fsp3) is 0.364. The van der Waals surface area contributed by atoms with E-state index in [1.165, 1.54) is 4.90 Å². The molecular formula is C22H28N2O3. The quantitative estimate of drug-likeness (QED) is 0.831. The number of nitrogens with zero attached hydrogens (tertiary/aromatic N) is 1. The van der Waals surface area contributed by atoms with Crippen molar-refractivity contribution in [1.82, 2.24) is 10.2 Å². The molecule has 2 rings (SSSR count). The second kappa shape index (κ2) is 8.25. The van der Waals surface area contributed by atoms with Crippen molar-refractivity contribution in [3.8, 4) is 11.1 Å². The van der Waals surface area contributed by atoms with Crippen molar-refractivity contribution in [3.63, 3.8) is 0 Å². The Balaban J connectivity index is 2.46. The van der Waals surface area contributed by atoms with Crippen LogP contribution in [0.3, 0.4) is 0 Å². The van der Waals surface area contributed by atoms with Gasteiger partial charge in [-0.15, -0.1) is 0 Å². The number of carbonyl (C=O) groups is 2. The summed E-state index contributed by atoms with van der Waals surface area (Å²) in [6, 6.07) is 17.2. The predicted molar refractivity (Wildman–Crippen MR) is 108 cm³/mol. The molecule has 0 aromatic heterocycles. The molecule has 2 aromatic carbocycles. The van der Waals surface area contributed by atoms with Crippen LogP contribution in [0.1, 0.15) is 32.3 Å². The number of hydrogen-bond acceptors (Lipinski definition) is 2. The first-order valence-corrected chi connectivity index (χ1v) is 8.97. The van der Waals surface area contributed by atoms with Crippen LogP contribution in [0.4, 0.5) is 4.79 Å². The predicted octanol–water partition coefficient (Wildman–Crippen LogP) is 4.21. The molecule has 2 unspecified atom stereocenters. The van der Waals surface area contributed by atoms with Gasteiger partial charge in [0.25, 0.3) is 0 Å². The van der Waals surface area contributed by atoms with Gasteiger partial charge in [0.05, 0.1) is 0 Å². The zero-order chi connectivity index (χ0) is 20.2. The van der Waals surface area contributed by atoms with E-state index in [1.54, 1.807) is 14.1 Å². The first kappa shape index (κ1) is 20.5. The Labute approximate surface area is 161 Å². The third-order valence-electron chi connectivity index (χ3n) is 4.63. The lowest BCUT2D eigenvalue weighted by Gasteiger charge is -2.37. The third kappa shape index (κ3) is 5.09. The first-order chi connectivity index (χ1) is 12.6. The molecule has 0 aliphatic carbocycles. The van der Waals surface area contributed by atoms with E-state index in [4.69, 9.17) is 0 Å². The monoisotopic (exact) mass is 368 g/mol. The minimum Gasteiger partial charge on any atom is -0.465 e. The lowest BCUT2D eigenvalue weighted by atomic mass is 9.71. The molecule has 0 saturated heterocycles. The summed E-state index contributed by atoms with van der Waals surface area (Å²) in [6.45, 7) is 6.05. The van der Waals surface area contributed by atoms with Crippen LogP contribution in [0.25, 0.3) is 11.1 Å². The second-order valence-electron chi connectivity index (χ2n) is 7.99. The molecule has 2 amide bonds. The number of nitrogens with one attached hydrogen (secondary N) is 1. The minimum atomic E-state index is -1.20. The molecule has 5 nitrogen and oxygen atoms in total. The normalized spacial score (nSPS) is 13.5. The minimum absolute atomic E-state index is 0.260. The third-order valence-corrected chi connectivity index (χ3v) is 4.63. The van der Waals surface area contributed by atoms with Crippen LogP contribution in [-0.4, -0.2) is 42.1 Å². The Hall–Kier alpha value is -2.82. The highest BCUT2D eigenvalue weighted by Crippen LogP contribution is 2.39. The van der Waals surface area contributed by atoms with Gasteiger partial charge in [-0.05, 0) is 22.1 Å². The van der Waals surface area contributed by atoms with Gasteiger partial charge in [-0.2, -0.15) is 0 Å². The van der Waals surface area contributed by atoms with E-state index >= 15 is 0 Å². The van der Waals surface area contributed by atoms with Crippen LogP contribution in [0.2, 0.25) is 0 Å². The largest absolute Gasteiger partial charge is 0.465 e. The Morgan fingerprint density at radius 2 is 1.44 bits per heavy atom. The summed E-state index contributed by atoms with van der Waals surface area (Å²) in [5.74, 6) is -0.571. The van der Waals surface area contributed by atoms with E-state index in [0.717, 1.165) is 16.7 Å². The fourth-order valence-corrected chi connectivity index (χ4v) is 3.40. The van der Waals surface area contributed by atoms with E-state index in [2.05, 4.69) is 5.32 Å². The molecule has 0 bridgehead atoms. The van der Waals surface area contributed by atoms with Gasteiger partial charge in [-0.25, -0.2) is 4.79 Å². The maximum absolute atomic E-state index is 12.7. The highest BCUT2D eigenvalue weighted by atomic mass is 16.4. The summed E-state index contributed by atoms with van der Waals surface area (Å²) in [4.78, 5) is 25.5. The zero-order valence-corrected chi connectivity index (χ0v) is 16.6. The fourth-order valence-electron chi connectivity index (χ4n) is 3.40. The van der Waals surface area contributed by atoms with Gasteiger partial charge in [-0.1, -0.05) is 75.4 Å². The Morgan fingerprint density at radius 1 is 0.926 bits per heavy atom. The van der Waals surface area contributed by atoms with E-state index in [9.17, 15) is 14.7 Å². The Kier molecular flexibility index (Phi) is 6.26. The van der Waals surface area contributed by atoms with Crippen LogP contribution in [-0.2, 0) is 4.79 Å². The van der Waals surface area contributed by atoms with Gasteiger partial charge in [0.15, 0.2) is 0 Å². The van der Waals surface area contributed by atoms with E-state index in [1.807, 2.05) is 75.4 Å². The van der Waals surface area contributed by atoms with Crippen LogP contribution < -0.4 is 5.32 Å². The van der Waals surface area contributed by atoms with Crippen molar-refractivity contribution in [2.24, 2.45) is 5.41 Å². The van der Waals surface area contributed by atoms with Gasteiger partial charge in [0, 0.05) is 20.0 Å². The number of likely N-dealkylation sites (N-methyl/N-ethyl adjacent to an activating group) is 1. The van der Waals surface area contributed by atoms with Crippen LogP contribution in [0.5, 0.6) is 0 Å². The molecule has 0 aliphatic rings. The van der Waals surface area contributed by atoms with Crippen molar-refractivity contribution >= 4 is 12.0 Å². The molecule has 0 saturated carbocycles. The van der Waals surface area contributed by atoms with E-state index in [0.29, 0.717) is 0 Å². The molecule has 0 radical (unpaired) electrons. The molecule has 0 fully saturated rings. The summed E-state index contributed by atoms with van der Waals surface area (Å²) in [5.41, 5.74) is 2.79. The molecule has 27 heavy (non-hydrogen) atoms. The van der Waals surface area contributed by atoms with Gasteiger partial charge >= 0.3 is 6.09 Å². The Morgan fingerprint density at radius 3 is 1.89 bits per heavy atom. The van der Waals surface area contributed by atoms with Crippen molar-refractivity contribution in [1.29, 1.82) is 0 Å². The van der Waals surface area contributed by atoms with Crippen molar-refractivity contribution in [3.05, 3.63) is 60.2 Å². The smallest absolute Gasteiger partial charge is 0.405 e. The molecule has 144 valence electrons. The number of carboxylic acid groups (broad SMARTS) is 1. The topological polar surface area (TPSA) is 69.6 Å². The first-order valence-electron chi connectivity index (χ1n) is 8.97. The second-order valence-corrected chi connectivity index (χ2v) is 7.99. The van der Waals surface area contributed by atoms with Crippen molar-refractivity contribution in [2.45, 2.75) is 32.7 Å². The van der Waals surface area contributed by atoms with Gasteiger partial charge < -0.3 is 15.3 Å². The average molecular weight is 368 g/mol. The summed E-state index contributed by atoms with van der Waals surface area (Å²) in [6.07, 6.45) is -1.20. The number of carbonyl (C=O) groups excluding carboxylic acids is 1.